The molecular weight excluding hydrogens is 597 g/mol. The van der Waals surface area contributed by atoms with Gasteiger partial charge in [-0.2, -0.15) is 0 Å². The molecule has 232 valence electrons. The number of carbonyl (C=O) groups excluding carboxylic acids is 1. The van der Waals surface area contributed by atoms with E-state index in [2.05, 4.69) is 21.4 Å². The van der Waals surface area contributed by atoms with Gasteiger partial charge in [-0.3, -0.25) is 9.36 Å². The Labute approximate surface area is 263 Å². The van der Waals surface area contributed by atoms with E-state index >= 15 is 4.39 Å². The Hall–Kier alpha value is -4.41. The van der Waals surface area contributed by atoms with Gasteiger partial charge in [-0.05, 0) is 79.9 Å². The van der Waals surface area contributed by atoms with Crippen molar-refractivity contribution in [2.75, 3.05) is 33.3 Å². The summed E-state index contributed by atoms with van der Waals surface area (Å²) in [7, 11) is 2.04. The highest BCUT2D eigenvalue weighted by molar-refractivity contribution is 6.35. The Bertz CT molecular complexity index is 2050. The molecule has 2 aliphatic rings. The monoisotopic (exact) mass is 629 g/mol. The standard InChI is InChI=1S/C34H33ClFN5O4/c1-3-27(43)40-13-10-20(11-14-40)41-32-25-17-26(35)28(24-16-22(42)15-19-7-4-5-9-23(19)24)29(36)30(25)37-33(31(32)38-34(41)44)45-18-21-8-6-12-39(21)2/h3-5,7,9,15-17,20-21,42H,1,6,8,10-14,18H2,2H3,(H,38,44)/t21-/m0/s1. The Balaban J connectivity index is 1.44. The molecule has 0 spiro atoms. The fourth-order valence-corrected chi connectivity index (χ4v) is 7.26. The molecule has 2 N–H and O–H groups in total. The zero-order valence-electron chi connectivity index (χ0n) is 24.9. The van der Waals surface area contributed by atoms with E-state index in [1.807, 2.05) is 31.3 Å². The summed E-state index contributed by atoms with van der Waals surface area (Å²) >= 11 is 6.88. The second kappa shape index (κ2) is 11.5. The smallest absolute Gasteiger partial charge is 0.326 e. The van der Waals surface area contributed by atoms with Gasteiger partial charge in [0.25, 0.3) is 0 Å². The number of hydrogen-bond acceptors (Lipinski definition) is 6. The van der Waals surface area contributed by atoms with Crippen LogP contribution < -0.4 is 10.4 Å². The van der Waals surface area contributed by atoms with Crippen molar-refractivity contribution in [3.05, 3.63) is 76.4 Å². The molecule has 5 aromatic rings. The first-order chi connectivity index (χ1) is 21.7. The van der Waals surface area contributed by atoms with Crippen molar-refractivity contribution in [2.45, 2.75) is 37.8 Å². The third-order valence-corrected chi connectivity index (χ3v) is 9.62. The number of piperidine rings is 1. The highest BCUT2D eigenvalue weighted by Gasteiger charge is 2.30. The lowest BCUT2D eigenvalue weighted by molar-refractivity contribution is -0.127. The van der Waals surface area contributed by atoms with Crippen molar-refractivity contribution in [3.63, 3.8) is 0 Å². The average molecular weight is 630 g/mol. The maximum Gasteiger partial charge on any atom is 0.326 e. The van der Waals surface area contributed by atoms with E-state index in [4.69, 9.17) is 16.3 Å². The minimum absolute atomic E-state index is 0.0103. The number of rotatable bonds is 6. The molecule has 0 unspecified atom stereocenters. The summed E-state index contributed by atoms with van der Waals surface area (Å²) in [6, 6.07) is 12.0. The van der Waals surface area contributed by atoms with Gasteiger partial charge >= 0.3 is 5.69 Å². The second-order valence-electron chi connectivity index (χ2n) is 11.9. The van der Waals surface area contributed by atoms with Crippen molar-refractivity contribution in [2.24, 2.45) is 0 Å². The molecule has 2 aromatic heterocycles. The normalized spacial score (nSPS) is 17.9. The number of aromatic hydroxyl groups is 1. The van der Waals surface area contributed by atoms with Gasteiger partial charge in [-0.25, -0.2) is 14.2 Å². The number of nitrogens with one attached hydrogen (secondary N) is 1. The van der Waals surface area contributed by atoms with E-state index in [9.17, 15) is 14.7 Å². The van der Waals surface area contributed by atoms with Gasteiger partial charge in [0, 0.05) is 36.1 Å². The first-order valence-corrected chi connectivity index (χ1v) is 15.6. The first kappa shape index (κ1) is 29.3. The first-order valence-electron chi connectivity index (χ1n) is 15.2. The lowest BCUT2D eigenvalue weighted by atomic mass is 9.95. The molecule has 4 heterocycles. The number of hydrogen-bond donors (Lipinski definition) is 2. The van der Waals surface area contributed by atoms with Crippen LogP contribution >= 0.6 is 11.6 Å². The molecule has 45 heavy (non-hydrogen) atoms. The Morgan fingerprint density at radius 2 is 1.96 bits per heavy atom. The Kier molecular flexibility index (Phi) is 7.49. The summed E-state index contributed by atoms with van der Waals surface area (Å²) in [5.74, 6) is -0.707. The lowest BCUT2D eigenvalue weighted by Crippen LogP contribution is -2.39. The highest BCUT2D eigenvalue weighted by Crippen LogP contribution is 2.43. The van der Waals surface area contributed by atoms with Gasteiger partial charge in [0.05, 0.1) is 10.5 Å². The summed E-state index contributed by atoms with van der Waals surface area (Å²) in [6.07, 6.45) is 4.37. The number of benzene rings is 3. The molecule has 0 bridgehead atoms. The number of aromatic nitrogens is 3. The van der Waals surface area contributed by atoms with Crippen LogP contribution in [0.3, 0.4) is 0 Å². The maximum absolute atomic E-state index is 16.9. The number of amides is 1. The van der Waals surface area contributed by atoms with Gasteiger partial charge in [0.1, 0.15) is 23.4 Å². The number of phenols is 1. The molecule has 2 saturated heterocycles. The number of fused-ring (bicyclic) bond motifs is 4. The van der Waals surface area contributed by atoms with E-state index in [1.54, 1.807) is 21.6 Å². The minimum Gasteiger partial charge on any atom is -0.508 e. The molecule has 0 radical (unpaired) electrons. The molecule has 1 amide bonds. The lowest BCUT2D eigenvalue weighted by Gasteiger charge is -2.32. The average Bonchev–Trinajstić information content (AvgIpc) is 3.61. The molecule has 1 atom stereocenters. The van der Waals surface area contributed by atoms with Gasteiger partial charge in [-0.15, -0.1) is 0 Å². The largest absolute Gasteiger partial charge is 0.508 e. The second-order valence-corrected chi connectivity index (χ2v) is 12.4. The van der Waals surface area contributed by atoms with E-state index < -0.39 is 5.82 Å². The van der Waals surface area contributed by atoms with E-state index in [1.165, 1.54) is 12.1 Å². The van der Waals surface area contributed by atoms with Crippen LogP contribution in [0.5, 0.6) is 11.6 Å². The van der Waals surface area contributed by atoms with Crippen LogP contribution in [0.25, 0.3) is 43.8 Å². The summed E-state index contributed by atoms with van der Waals surface area (Å²) in [6.45, 7) is 5.79. The molecule has 9 nitrogen and oxygen atoms in total. The number of phenolic OH excluding ortho intramolecular Hbond substituents is 1. The van der Waals surface area contributed by atoms with E-state index in [0.29, 0.717) is 54.5 Å². The number of aromatic amines is 1. The van der Waals surface area contributed by atoms with Crippen molar-refractivity contribution >= 4 is 50.2 Å². The topological polar surface area (TPSA) is 104 Å². The predicted octanol–water partition coefficient (Wildman–Crippen LogP) is 6.02. The molecule has 11 heteroatoms. The molecule has 3 aromatic carbocycles. The van der Waals surface area contributed by atoms with Gasteiger partial charge in [0.2, 0.25) is 11.8 Å². The maximum atomic E-state index is 16.9. The van der Waals surface area contributed by atoms with Crippen LogP contribution in [0.1, 0.15) is 31.7 Å². The number of likely N-dealkylation sites (tertiary alicyclic amines) is 2. The molecule has 2 aliphatic heterocycles. The van der Waals surface area contributed by atoms with Crippen LogP contribution in [-0.2, 0) is 4.79 Å². The summed E-state index contributed by atoms with van der Waals surface area (Å²) < 4.78 is 24.8. The molecule has 0 aliphatic carbocycles. The fraction of sp³-hybridized carbons (Fsp3) is 0.324. The minimum atomic E-state index is -0.676. The van der Waals surface area contributed by atoms with Crippen LogP contribution in [0, 0.1) is 5.82 Å². The van der Waals surface area contributed by atoms with E-state index in [0.717, 1.165) is 30.2 Å². The number of pyridine rings is 1. The molecular formula is C34H33ClFN5O4. The van der Waals surface area contributed by atoms with Crippen molar-refractivity contribution < 1.29 is 19.0 Å². The summed E-state index contributed by atoms with van der Waals surface area (Å²) in [5.41, 5.74) is 1.01. The van der Waals surface area contributed by atoms with Crippen LogP contribution in [0.4, 0.5) is 4.39 Å². The SMILES string of the molecule is C=CC(=O)N1CCC(n2c(=O)[nH]c3c(OC[C@@H]4CCCN4C)nc4c(F)c(-c5cc(O)cc6ccccc56)c(Cl)cc4c32)CC1. The number of H-pyrrole nitrogens is 1. The van der Waals surface area contributed by atoms with Crippen molar-refractivity contribution in [1.82, 2.24) is 24.3 Å². The van der Waals surface area contributed by atoms with Gasteiger partial charge in [0.15, 0.2) is 5.82 Å². The number of halogens is 2. The zero-order chi connectivity index (χ0) is 31.4. The third kappa shape index (κ3) is 5.02. The quantitative estimate of drug-likeness (QED) is 0.223. The Morgan fingerprint density at radius 3 is 2.69 bits per heavy atom. The van der Waals surface area contributed by atoms with Crippen LogP contribution in [0.2, 0.25) is 5.02 Å². The third-order valence-electron chi connectivity index (χ3n) is 9.32. The summed E-state index contributed by atoms with van der Waals surface area (Å²) in [5, 5.41) is 12.5. The number of likely N-dealkylation sites (N-methyl/N-ethyl adjacent to an activating group) is 1. The van der Waals surface area contributed by atoms with Gasteiger partial charge in [-0.1, -0.05) is 42.4 Å². The number of carbonyl (C=O) groups is 1. The Morgan fingerprint density at radius 1 is 1.18 bits per heavy atom. The zero-order valence-corrected chi connectivity index (χ0v) is 25.6. The van der Waals surface area contributed by atoms with Crippen molar-refractivity contribution in [1.29, 1.82) is 0 Å². The van der Waals surface area contributed by atoms with Crippen LogP contribution in [-0.4, -0.2) is 74.7 Å². The molecule has 2 fully saturated rings. The van der Waals surface area contributed by atoms with E-state index in [-0.39, 0.29) is 51.4 Å². The van der Waals surface area contributed by atoms with Crippen molar-refractivity contribution in [3.8, 4) is 22.8 Å². The molecule has 0 saturated carbocycles. The number of nitrogens with zero attached hydrogens (tertiary/aromatic N) is 4. The van der Waals surface area contributed by atoms with Crippen LogP contribution in [0.15, 0.2) is 59.9 Å². The highest BCUT2D eigenvalue weighted by atomic mass is 35.5. The van der Waals surface area contributed by atoms with Gasteiger partial charge < -0.3 is 24.6 Å². The predicted molar refractivity (Wildman–Crippen MR) is 174 cm³/mol. The molecule has 7 rings (SSSR count). The summed E-state index contributed by atoms with van der Waals surface area (Å²) in [4.78, 5) is 37.4. The fourth-order valence-electron chi connectivity index (χ4n) is 6.96. The number of imidazole rings is 1. The number of ether oxygens (including phenoxy) is 1.